The number of sulfonamides is 1. The number of benzene rings is 2. The number of hydrogen-bond donors (Lipinski definition) is 1. The summed E-state index contributed by atoms with van der Waals surface area (Å²) >= 11 is 0. The molecular formula is C20H25N3O4S. The van der Waals surface area contributed by atoms with Crippen LogP contribution in [0.2, 0.25) is 0 Å². The van der Waals surface area contributed by atoms with Crippen LogP contribution in [0, 0.1) is 0 Å². The Hall–Kier alpha value is -2.13. The maximum absolute atomic E-state index is 12.7. The number of hydrogen-bond acceptors (Lipinski definition) is 6. The molecule has 0 aliphatic carbocycles. The summed E-state index contributed by atoms with van der Waals surface area (Å²) in [4.78, 5) is 4.88. The fourth-order valence-corrected chi connectivity index (χ4v) is 4.64. The van der Waals surface area contributed by atoms with Gasteiger partial charge in [-0.25, -0.2) is 13.1 Å². The second-order valence-corrected chi connectivity index (χ2v) is 8.90. The molecular weight excluding hydrogens is 378 g/mol. The van der Waals surface area contributed by atoms with Crippen molar-refractivity contribution >= 4 is 10.0 Å². The maximum Gasteiger partial charge on any atom is 0.240 e. The minimum atomic E-state index is -3.57. The van der Waals surface area contributed by atoms with E-state index in [4.69, 9.17) is 9.47 Å². The van der Waals surface area contributed by atoms with Gasteiger partial charge in [0.1, 0.15) is 0 Å². The number of fused-ring (bicyclic) bond motifs is 1. The summed E-state index contributed by atoms with van der Waals surface area (Å²) in [5.74, 6) is 1.44. The van der Waals surface area contributed by atoms with Gasteiger partial charge in [-0.2, -0.15) is 0 Å². The molecule has 0 aromatic heterocycles. The maximum atomic E-state index is 12.7. The van der Waals surface area contributed by atoms with Crippen LogP contribution in [0.5, 0.6) is 11.5 Å². The van der Waals surface area contributed by atoms with Crippen molar-refractivity contribution < 1.29 is 17.9 Å². The summed E-state index contributed by atoms with van der Waals surface area (Å²) in [6.07, 6.45) is 0. The number of piperazine rings is 1. The van der Waals surface area contributed by atoms with Crippen molar-refractivity contribution in [2.45, 2.75) is 10.9 Å². The third-order valence-electron chi connectivity index (χ3n) is 5.28. The second-order valence-electron chi connectivity index (χ2n) is 7.13. The van der Waals surface area contributed by atoms with Gasteiger partial charge in [-0.05, 0) is 36.9 Å². The third kappa shape index (κ3) is 4.15. The predicted molar refractivity (Wildman–Crippen MR) is 106 cm³/mol. The number of ether oxygens (including phenoxy) is 2. The van der Waals surface area contributed by atoms with E-state index in [2.05, 4.69) is 21.6 Å². The zero-order chi connectivity index (χ0) is 19.6. The Bertz CT molecular complexity index is 912. The van der Waals surface area contributed by atoms with E-state index in [1.54, 1.807) is 30.3 Å². The third-order valence-corrected chi connectivity index (χ3v) is 6.72. The normalized spacial score (nSPS) is 18.9. The predicted octanol–water partition coefficient (Wildman–Crippen LogP) is 1.68. The van der Waals surface area contributed by atoms with Crippen molar-refractivity contribution in [1.29, 1.82) is 0 Å². The van der Waals surface area contributed by atoms with Crippen molar-refractivity contribution in [1.82, 2.24) is 14.5 Å². The lowest BCUT2D eigenvalue weighted by atomic mass is 10.0. The Kier molecular flexibility index (Phi) is 5.54. The number of likely N-dealkylation sites (N-methyl/N-ethyl adjacent to an activating group) is 1. The molecule has 0 radical (unpaired) electrons. The van der Waals surface area contributed by atoms with Crippen LogP contribution in [-0.2, 0) is 10.0 Å². The van der Waals surface area contributed by atoms with Gasteiger partial charge in [0, 0.05) is 38.8 Å². The Labute approximate surface area is 165 Å². The van der Waals surface area contributed by atoms with Gasteiger partial charge in [0.05, 0.1) is 4.90 Å². The van der Waals surface area contributed by atoms with E-state index in [-0.39, 0.29) is 17.7 Å². The van der Waals surface area contributed by atoms with Crippen LogP contribution in [0.25, 0.3) is 0 Å². The van der Waals surface area contributed by atoms with E-state index < -0.39 is 10.0 Å². The molecule has 2 aliphatic heterocycles. The van der Waals surface area contributed by atoms with E-state index in [0.717, 1.165) is 37.5 Å². The summed E-state index contributed by atoms with van der Waals surface area (Å²) < 4.78 is 39.1. The molecule has 0 unspecified atom stereocenters. The topological polar surface area (TPSA) is 71.1 Å². The minimum Gasteiger partial charge on any atom is -0.454 e. The van der Waals surface area contributed by atoms with Crippen LogP contribution >= 0.6 is 0 Å². The molecule has 8 heteroatoms. The summed E-state index contributed by atoms with van der Waals surface area (Å²) in [7, 11) is -1.47. The molecule has 28 heavy (non-hydrogen) atoms. The second kappa shape index (κ2) is 8.08. The largest absolute Gasteiger partial charge is 0.454 e. The monoisotopic (exact) mass is 403 g/mol. The van der Waals surface area contributed by atoms with E-state index in [0.29, 0.717) is 12.3 Å². The van der Waals surface area contributed by atoms with E-state index in [9.17, 15) is 8.42 Å². The van der Waals surface area contributed by atoms with E-state index in [1.807, 2.05) is 18.2 Å². The lowest BCUT2D eigenvalue weighted by Gasteiger charge is -2.38. The summed E-state index contributed by atoms with van der Waals surface area (Å²) in [6, 6.07) is 14.2. The lowest BCUT2D eigenvalue weighted by Crippen LogP contribution is -2.48. The van der Waals surface area contributed by atoms with Gasteiger partial charge in [0.15, 0.2) is 11.5 Å². The molecule has 1 atom stereocenters. The van der Waals surface area contributed by atoms with Gasteiger partial charge in [-0.15, -0.1) is 0 Å². The van der Waals surface area contributed by atoms with Gasteiger partial charge < -0.3 is 14.4 Å². The molecule has 1 saturated heterocycles. The van der Waals surface area contributed by atoms with Gasteiger partial charge in [0.2, 0.25) is 16.8 Å². The zero-order valence-electron chi connectivity index (χ0n) is 15.9. The molecule has 2 aromatic rings. The standard InChI is InChI=1S/C20H25N3O4S/c1-22-9-11-23(12-10-22)18(16-7-8-19-20(13-16)27-15-26-19)14-21-28(24,25)17-5-3-2-4-6-17/h2-8,13,18,21H,9-12,14-15H2,1H3/t18-/m1/s1. The highest BCUT2D eigenvalue weighted by Gasteiger charge is 2.27. The van der Waals surface area contributed by atoms with Crippen molar-refractivity contribution in [2.75, 3.05) is 46.6 Å². The van der Waals surface area contributed by atoms with Crippen LogP contribution in [0.15, 0.2) is 53.4 Å². The van der Waals surface area contributed by atoms with Crippen LogP contribution < -0.4 is 14.2 Å². The van der Waals surface area contributed by atoms with Gasteiger partial charge in [-0.1, -0.05) is 24.3 Å². The van der Waals surface area contributed by atoms with Crippen LogP contribution in [0.1, 0.15) is 11.6 Å². The SMILES string of the molecule is CN1CCN([C@H](CNS(=O)(=O)c2ccccc2)c2ccc3c(c2)OCO3)CC1. The van der Waals surface area contributed by atoms with E-state index >= 15 is 0 Å². The van der Waals surface area contributed by atoms with Crippen LogP contribution in [0.3, 0.4) is 0 Å². The molecule has 150 valence electrons. The molecule has 0 bridgehead atoms. The fourth-order valence-electron chi connectivity index (χ4n) is 3.58. The lowest BCUT2D eigenvalue weighted by molar-refractivity contribution is 0.112. The smallest absolute Gasteiger partial charge is 0.240 e. The molecule has 0 spiro atoms. The van der Waals surface area contributed by atoms with Crippen molar-refractivity contribution in [3.8, 4) is 11.5 Å². The van der Waals surface area contributed by atoms with E-state index in [1.165, 1.54) is 0 Å². The molecule has 7 nitrogen and oxygen atoms in total. The number of nitrogens with zero attached hydrogens (tertiary/aromatic N) is 2. The highest BCUT2D eigenvalue weighted by atomic mass is 32.2. The Morgan fingerprint density at radius 3 is 2.46 bits per heavy atom. The average molecular weight is 404 g/mol. The first-order valence-electron chi connectivity index (χ1n) is 9.40. The van der Waals surface area contributed by atoms with Gasteiger partial charge >= 0.3 is 0 Å². The average Bonchev–Trinajstić information content (AvgIpc) is 3.18. The quantitative estimate of drug-likeness (QED) is 0.791. The van der Waals surface area contributed by atoms with Gasteiger partial charge in [0.25, 0.3) is 0 Å². The number of rotatable bonds is 6. The highest BCUT2D eigenvalue weighted by Crippen LogP contribution is 2.35. The number of nitrogens with one attached hydrogen (secondary N) is 1. The van der Waals surface area contributed by atoms with Crippen molar-refractivity contribution in [2.24, 2.45) is 0 Å². The first kappa shape index (κ1) is 19.2. The highest BCUT2D eigenvalue weighted by molar-refractivity contribution is 7.89. The first-order valence-corrected chi connectivity index (χ1v) is 10.9. The first-order chi connectivity index (χ1) is 13.5. The van der Waals surface area contributed by atoms with Gasteiger partial charge in [-0.3, -0.25) is 4.90 Å². The Morgan fingerprint density at radius 1 is 1.00 bits per heavy atom. The van der Waals surface area contributed by atoms with Crippen molar-refractivity contribution in [3.05, 3.63) is 54.1 Å². The molecule has 1 fully saturated rings. The van der Waals surface area contributed by atoms with Crippen LogP contribution in [-0.4, -0.2) is 64.8 Å². The molecule has 4 rings (SSSR count). The Morgan fingerprint density at radius 2 is 1.71 bits per heavy atom. The Balaban J connectivity index is 1.56. The molecule has 2 aromatic carbocycles. The molecule has 2 aliphatic rings. The fraction of sp³-hybridized carbons (Fsp3) is 0.400. The zero-order valence-corrected chi connectivity index (χ0v) is 16.7. The molecule has 2 heterocycles. The summed E-state index contributed by atoms with van der Waals surface area (Å²) in [5.41, 5.74) is 1.02. The summed E-state index contributed by atoms with van der Waals surface area (Å²) in [6.45, 7) is 4.17. The summed E-state index contributed by atoms with van der Waals surface area (Å²) in [5, 5.41) is 0. The molecule has 0 saturated carbocycles. The van der Waals surface area contributed by atoms with Crippen LogP contribution in [0.4, 0.5) is 0 Å². The molecule has 0 amide bonds. The molecule has 1 N–H and O–H groups in total. The minimum absolute atomic E-state index is 0.0818. The van der Waals surface area contributed by atoms with Crippen molar-refractivity contribution in [3.63, 3.8) is 0 Å².